The van der Waals surface area contributed by atoms with Crippen molar-refractivity contribution < 1.29 is 0 Å². The van der Waals surface area contributed by atoms with E-state index in [-0.39, 0.29) is 0 Å². The lowest BCUT2D eigenvalue weighted by molar-refractivity contribution is 0.226. The number of hydrogen-bond acceptors (Lipinski definition) is 6. The minimum Gasteiger partial charge on any atom is -0.355 e. The van der Waals surface area contributed by atoms with Crippen molar-refractivity contribution in [3.63, 3.8) is 0 Å². The van der Waals surface area contributed by atoms with Crippen molar-refractivity contribution in [2.75, 3.05) is 18.0 Å². The van der Waals surface area contributed by atoms with Crippen LogP contribution >= 0.6 is 35.3 Å². The summed E-state index contributed by atoms with van der Waals surface area (Å²) in [5.41, 5.74) is 1.87. The van der Waals surface area contributed by atoms with Gasteiger partial charge in [0.25, 0.3) is 0 Å². The molecule has 4 nitrogen and oxygen atoms in total. The van der Waals surface area contributed by atoms with Crippen LogP contribution in [-0.2, 0) is 6.54 Å². The Bertz CT molecular complexity index is 1050. The molecule has 172 valence electrons. The molecule has 2 fully saturated rings. The van der Waals surface area contributed by atoms with E-state index in [0.29, 0.717) is 5.41 Å². The van der Waals surface area contributed by atoms with E-state index in [4.69, 9.17) is 16.6 Å². The molecule has 0 unspecified atom stereocenters. The second-order valence-electron chi connectivity index (χ2n) is 8.99. The molecule has 0 bridgehead atoms. The largest absolute Gasteiger partial charge is 0.355 e. The first-order chi connectivity index (χ1) is 16.2. The number of benzene rings is 2. The van der Waals surface area contributed by atoms with E-state index in [2.05, 4.69) is 38.9 Å². The average molecular weight is 497 g/mol. The molecule has 0 atom stereocenters. The summed E-state index contributed by atoms with van der Waals surface area (Å²) in [6.45, 7) is 2.98. The third-order valence-corrected chi connectivity index (χ3v) is 9.33. The Hall–Kier alpha value is -1.73. The zero-order valence-electron chi connectivity index (χ0n) is 18.7. The molecule has 1 N–H and O–H groups in total. The highest BCUT2D eigenvalue weighted by molar-refractivity contribution is 7.99. The fourth-order valence-electron chi connectivity index (χ4n) is 4.91. The number of nitrogens with zero attached hydrogens (tertiary/aromatic N) is 3. The van der Waals surface area contributed by atoms with Gasteiger partial charge in [0.1, 0.15) is 10.8 Å². The molecule has 2 heterocycles. The van der Waals surface area contributed by atoms with Crippen molar-refractivity contribution in [2.45, 2.75) is 59.9 Å². The van der Waals surface area contributed by atoms with Gasteiger partial charge in [0.05, 0.1) is 17.4 Å². The van der Waals surface area contributed by atoms with Gasteiger partial charge in [-0.1, -0.05) is 72.6 Å². The van der Waals surface area contributed by atoms with E-state index in [9.17, 15) is 0 Å². The third kappa shape index (κ3) is 5.68. The van der Waals surface area contributed by atoms with Gasteiger partial charge in [-0.3, -0.25) is 4.72 Å². The summed E-state index contributed by atoms with van der Waals surface area (Å²) in [6, 6.07) is 16.5. The molecule has 0 radical (unpaired) electrons. The predicted octanol–water partition coefficient (Wildman–Crippen LogP) is 7.24. The Kier molecular flexibility index (Phi) is 7.46. The van der Waals surface area contributed by atoms with Crippen LogP contribution in [0, 0.1) is 5.41 Å². The maximum atomic E-state index is 6.71. The fourth-order valence-corrected chi connectivity index (χ4v) is 6.86. The topological polar surface area (TPSA) is 41.1 Å². The summed E-state index contributed by atoms with van der Waals surface area (Å²) >= 11 is 9.84. The highest BCUT2D eigenvalue weighted by Crippen LogP contribution is 2.46. The maximum Gasteiger partial charge on any atom is 0.147 e. The van der Waals surface area contributed by atoms with E-state index in [1.54, 1.807) is 23.7 Å². The lowest BCUT2D eigenvalue weighted by atomic mass is 9.77. The maximum absolute atomic E-state index is 6.71. The molecule has 7 heteroatoms. The van der Waals surface area contributed by atoms with Crippen molar-refractivity contribution in [1.29, 1.82) is 0 Å². The molecule has 1 aliphatic carbocycles. The van der Waals surface area contributed by atoms with E-state index in [1.807, 2.05) is 36.7 Å². The van der Waals surface area contributed by atoms with Gasteiger partial charge in [-0.15, -0.1) is 0 Å². The number of rotatable bonds is 7. The van der Waals surface area contributed by atoms with Crippen LogP contribution in [0.1, 0.15) is 44.1 Å². The first-order valence-corrected chi connectivity index (χ1v) is 13.7. The molecule has 1 saturated carbocycles. The zero-order valence-corrected chi connectivity index (χ0v) is 21.1. The number of nitrogens with one attached hydrogen (secondary N) is 1. The van der Waals surface area contributed by atoms with Crippen LogP contribution in [0.5, 0.6) is 0 Å². The lowest BCUT2D eigenvalue weighted by Gasteiger charge is -2.39. The summed E-state index contributed by atoms with van der Waals surface area (Å²) < 4.78 is 3.40. The molecule has 1 aromatic heterocycles. The first-order valence-electron chi connectivity index (χ1n) is 11.7. The van der Waals surface area contributed by atoms with Gasteiger partial charge in [-0.25, -0.2) is 9.97 Å². The molecule has 5 rings (SSSR count). The summed E-state index contributed by atoms with van der Waals surface area (Å²) in [5.74, 6) is 0.993. The molecular formula is C26H29ClN4S2. The van der Waals surface area contributed by atoms with E-state index in [1.165, 1.54) is 44.1 Å². The number of anilines is 1. The third-order valence-electron chi connectivity index (χ3n) is 6.87. The van der Waals surface area contributed by atoms with Crippen LogP contribution in [0.3, 0.4) is 0 Å². The average Bonchev–Trinajstić information content (AvgIpc) is 3.31. The van der Waals surface area contributed by atoms with Gasteiger partial charge in [0, 0.05) is 29.4 Å². The van der Waals surface area contributed by atoms with Crippen LogP contribution in [-0.4, -0.2) is 23.1 Å². The Balaban J connectivity index is 1.17. The monoisotopic (exact) mass is 496 g/mol. The number of halogens is 1. The highest BCUT2D eigenvalue weighted by Gasteiger charge is 2.37. The Labute approximate surface area is 210 Å². The van der Waals surface area contributed by atoms with Crippen molar-refractivity contribution >= 4 is 41.1 Å². The molecule has 1 saturated heterocycles. The number of piperidine rings is 1. The van der Waals surface area contributed by atoms with Gasteiger partial charge in [0.2, 0.25) is 0 Å². The minimum absolute atomic E-state index is 0.620. The van der Waals surface area contributed by atoms with Crippen LogP contribution < -0.4 is 9.62 Å². The summed E-state index contributed by atoms with van der Waals surface area (Å²) in [5, 5.41) is 1.61. The quantitative estimate of drug-likeness (QED) is 0.348. The van der Waals surface area contributed by atoms with Gasteiger partial charge >= 0.3 is 0 Å². The minimum atomic E-state index is 0.620. The molecule has 1 aliphatic heterocycles. The zero-order chi connectivity index (χ0) is 22.5. The normalized spacial score (nSPS) is 17.5. The second-order valence-corrected chi connectivity index (χ2v) is 11.4. The van der Waals surface area contributed by atoms with E-state index >= 15 is 0 Å². The predicted molar refractivity (Wildman–Crippen MR) is 139 cm³/mol. The first kappa shape index (κ1) is 23.0. The smallest absolute Gasteiger partial charge is 0.147 e. The highest BCUT2D eigenvalue weighted by atomic mass is 35.5. The molecule has 0 amide bonds. The van der Waals surface area contributed by atoms with Gasteiger partial charge < -0.3 is 4.90 Å². The van der Waals surface area contributed by atoms with Gasteiger partial charge in [-0.2, -0.15) is 0 Å². The molecule has 1 spiro atoms. The molecular weight excluding hydrogens is 468 g/mol. The molecule has 2 aliphatic rings. The second kappa shape index (κ2) is 10.7. The van der Waals surface area contributed by atoms with E-state index < -0.39 is 0 Å². The van der Waals surface area contributed by atoms with Crippen LogP contribution in [0.4, 0.5) is 5.82 Å². The van der Waals surface area contributed by atoms with Gasteiger partial charge in [0.15, 0.2) is 0 Å². The van der Waals surface area contributed by atoms with Crippen molar-refractivity contribution in [3.8, 4) is 0 Å². The van der Waals surface area contributed by atoms with E-state index in [0.717, 1.165) is 45.3 Å². The summed E-state index contributed by atoms with van der Waals surface area (Å²) in [4.78, 5) is 13.8. The molecule has 33 heavy (non-hydrogen) atoms. The Morgan fingerprint density at radius 2 is 1.64 bits per heavy atom. The van der Waals surface area contributed by atoms with Crippen LogP contribution in [0.2, 0.25) is 5.02 Å². The molecule has 2 aromatic carbocycles. The van der Waals surface area contributed by atoms with Crippen molar-refractivity contribution in [1.82, 2.24) is 14.7 Å². The summed E-state index contributed by atoms with van der Waals surface area (Å²) in [7, 11) is 0. The SMILES string of the molecule is Clc1c(SNCc2ccccc2)cccc1Sc1cnc(N2CCC3(CCCC3)CC2)cn1. The van der Waals surface area contributed by atoms with Crippen molar-refractivity contribution in [3.05, 3.63) is 71.5 Å². The van der Waals surface area contributed by atoms with Gasteiger partial charge in [-0.05, 0) is 60.7 Å². The standard InChI is InChI=1S/C26H29ClN4S2/c27-25-21(9-6-10-22(25)33-30-17-20-7-2-1-3-8-20)32-24-19-28-23(18-29-24)31-15-13-26(14-16-31)11-4-5-12-26/h1-3,6-10,18-19,30H,4-5,11-17H2. The van der Waals surface area contributed by atoms with Crippen molar-refractivity contribution in [2.24, 2.45) is 5.41 Å². The summed E-state index contributed by atoms with van der Waals surface area (Å²) in [6.07, 6.45) is 12.1. The Morgan fingerprint density at radius 3 is 2.36 bits per heavy atom. The number of hydrogen-bond donors (Lipinski definition) is 1. The van der Waals surface area contributed by atoms with Crippen LogP contribution in [0.15, 0.2) is 75.7 Å². The lowest BCUT2D eigenvalue weighted by Crippen LogP contribution is -2.39. The Morgan fingerprint density at radius 1 is 0.879 bits per heavy atom. The molecule has 3 aromatic rings. The van der Waals surface area contributed by atoms with Crippen LogP contribution in [0.25, 0.3) is 0 Å². The fraction of sp³-hybridized carbons (Fsp3) is 0.385. The number of aromatic nitrogens is 2.